The Bertz CT molecular complexity index is 362. The maximum atomic E-state index is 11.5. The standard InChI is InChI=1S/C12H14N2O/c1-2-10-4-6-11(7-5-10)12(15)14-9-3-8-13/h4-7H,2-3,9H2,1H3,(H,14,15). The predicted octanol–water partition coefficient (Wildman–Crippen LogP) is 1.89. The van der Waals surface area contributed by atoms with Crippen LogP contribution in [0, 0.1) is 11.3 Å². The van der Waals surface area contributed by atoms with Crippen LogP contribution in [0.4, 0.5) is 0 Å². The van der Waals surface area contributed by atoms with Crippen LogP contribution in [-0.2, 0) is 6.42 Å². The summed E-state index contributed by atoms with van der Waals surface area (Å²) in [6.07, 6.45) is 1.31. The molecule has 0 atom stereocenters. The molecule has 0 saturated carbocycles. The molecule has 1 aromatic rings. The van der Waals surface area contributed by atoms with E-state index in [0.29, 0.717) is 18.5 Å². The summed E-state index contributed by atoms with van der Waals surface area (Å²) < 4.78 is 0. The van der Waals surface area contributed by atoms with Crippen LogP contribution in [0.5, 0.6) is 0 Å². The molecule has 1 aromatic carbocycles. The second kappa shape index (κ2) is 5.82. The van der Waals surface area contributed by atoms with Gasteiger partial charge in [-0.2, -0.15) is 5.26 Å². The van der Waals surface area contributed by atoms with Crippen LogP contribution >= 0.6 is 0 Å². The van der Waals surface area contributed by atoms with Crippen LogP contribution in [-0.4, -0.2) is 12.5 Å². The van der Waals surface area contributed by atoms with Crippen molar-refractivity contribution in [1.82, 2.24) is 5.32 Å². The Morgan fingerprint density at radius 1 is 1.40 bits per heavy atom. The normalized spacial score (nSPS) is 9.33. The minimum atomic E-state index is -0.118. The molecule has 0 radical (unpaired) electrons. The fourth-order valence-electron chi connectivity index (χ4n) is 1.23. The lowest BCUT2D eigenvalue weighted by Gasteiger charge is -2.03. The molecular formula is C12H14N2O. The average molecular weight is 202 g/mol. The molecule has 0 unspecified atom stereocenters. The Balaban J connectivity index is 2.55. The number of aryl methyl sites for hydroxylation is 1. The van der Waals surface area contributed by atoms with Crippen molar-refractivity contribution in [3.63, 3.8) is 0 Å². The first-order valence-electron chi connectivity index (χ1n) is 5.02. The Labute approximate surface area is 89.7 Å². The van der Waals surface area contributed by atoms with Gasteiger partial charge in [0, 0.05) is 12.1 Å². The van der Waals surface area contributed by atoms with Crippen molar-refractivity contribution < 1.29 is 4.79 Å². The van der Waals surface area contributed by atoms with Gasteiger partial charge in [0.25, 0.3) is 5.91 Å². The van der Waals surface area contributed by atoms with Crippen LogP contribution < -0.4 is 5.32 Å². The highest BCUT2D eigenvalue weighted by Gasteiger charge is 2.03. The lowest BCUT2D eigenvalue weighted by Crippen LogP contribution is -2.24. The lowest BCUT2D eigenvalue weighted by molar-refractivity contribution is 0.0954. The van der Waals surface area contributed by atoms with Crippen LogP contribution in [0.3, 0.4) is 0 Å². The second-order valence-electron chi connectivity index (χ2n) is 3.21. The zero-order valence-electron chi connectivity index (χ0n) is 8.79. The van der Waals surface area contributed by atoms with E-state index in [4.69, 9.17) is 5.26 Å². The van der Waals surface area contributed by atoms with E-state index in [-0.39, 0.29) is 5.91 Å². The molecule has 15 heavy (non-hydrogen) atoms. The minimum absolute atomic E-state index is 0.118. The number of nitrogens with one attached hydrogen (secondary N) is 1. The van der Waals surface area contributed by atoms with E-state index in [2.05, 4.69) is 12.2 Å². The second-order valence-corrected chi connectivity index (χ2v) is 3.21. The third kappa shape index (κ3) is 3.43. The van der Waals surface area contributed by atoms with E-state index < -0.39 is 0 Å². The van der Waals surface area contributed by atoms with Crippen molar-refractivity contribution in [2.24, 2.45) is 0 Å². The van der Waals surface area contributed by atoms with Crippen molar-refractivity contribution in [1.29, 1.82) is 5.26 Å². The Hall–Kier alpha value is -1.82. The summed E-state index contributed by atoms with van der Waals surface area (Å²) >= 11 is 0. The first-order valence-corrected chi connectivity index (χ1v) is 5.02. The summed E-state index contributed by atoms with van der Waals surface area (Å²) in [5.74, 6) is -0.118. The third-order valence-electron chi connectivity index (χ3n) is 2.15. The molecule has 3 heteroatoms. The first kappa shape index (κ1) is 11.3. The van der Waals surface area contributed by atoms with Gasteiger partial charge in [-0.05, 0) is 24.1 Å². The molecular weight excluding hydrogens is 188 g/mol. The molecule has 0 aliphatic carbocycles. The highest BCUT2D eigenvalue weighted by atomic mass is 16.1. The average Bonchev–Trinajstić information content (AvgIpc) is 2.29. The summed E-state index contributed by atoms with van der Waals surface area (Å²) in [5.41, 5.74) is 1.86. The zero-order chi connectivity index (χ0) is 11.1. The monoisotopic (exact) mass is 202 g/mol. The first-order chi connectivity index (χ1) is 7.27. The summed E-state index contributed by atoms with van der Waals surface area (Å²) in [4.78, 5) is 11.5. The van der Waals surface area contributed by atoms with E-state index in [0.717, 1.165) is 6.42 Å². The van der Waals surface area contributed by atoms with E-state index in [9.17, 15) is 4.79 Å². The molecule has 78 valence electrons. The van der Waals surface area contributed by atoms with Gasteiger partial charge in [0.1, 0.15) is 0 Å². The number of nitrogens with zero attached hydrogens (tertiary/aromatic N) is 1. The molecule has 0 aromatic heterocycles. The van der Waals surface area contributed by atoms with Crippen LogP contribution in [0.25, 0.3) is 0 Å². The van der Waals surface area contributed by atoms with Gasteiger partial charge < -0.3 is 5.32 Å². The highest BCUT2D eigenvalue weighted by Crippen LogP contribution is 2.04. The summed E-state index contributed by atoms with van der Waals surface area (Å²) in [6, 6.07) is 9.48. The van der Waals surface area contributed by atoms with E-state index in [1.165, 1.54) is 5.56 Å². The molecule has 1 amide bonds. The van der Waals surface area contributed by atoms with Gasteiger partial charge in [0.2, 0.25) is 0 Å². The molecule has 0 fully saturated rings. The van der Waals surface area contributed by atoms with Crippen molar-refractivity contribution in [2.75, 3.05) is 6.54 Å². The fraction of sp³-hybridized carbons (Fsp3) is 0.333. The van der Waals surface area contributed by atoms with Crippen molar-refractivity contribution in [3.8, 4) is 6.07 Å². The third-order valence-corrected chi connectivity index (χ3v) is 2.15. The zero-order valence-corrected chi connectivity index (χ0v) is 8.79. The summed E-state index contributed by atoms with van der Waals surface area (Å²) in [7, 11) is 0. The number of carbonyl (C=O) groups excluding carboxylic acids is 1. The summed E-state index contributed by atoms with van der Waals surface area (Å²) in [5, 5.41) is 11.0. The number of hydrogen-bond donors (Lipinski definition) is 1. The molecule has 0 heterocycles. The number of nitriles is 1. The van der Waals surface area contributed by atoms with Crippen molar-refractivity contribution >= 4 is 5.91 Å². The predicted molar refractivity (Wildman–Crippen MR) is 58.4 cm³/mol. The number of hydrogen-bond acceptors (Lipinski definition) is 2. The van der Waals surface area contributed by atoms with Crippen molar-refractivity contribution in [3.05, 3.63) is 35.4 Å². The number of benzene rings is 1. The van der Waals surface area contributed by atoms with Gasteiger partial charge in [0.15, 0.2) is 0 Å². The summed E-state index contributed by atoms with van der Waals surface area (Å²) in [6.45, 7) is 2.48. The SMILES string of the molecule is CCc1ccc(C(=O)NCCC#N)cc1. The maximum absolute atomic E-state index is 11.5. The Morgan fingerprint density at radius 3 is 2.60 bits per heavy atom. The van der Waals surface area contributed by atoms with Gasteiger partial charge in [-0.25, -0.2) is 0 Å². The Morgan fingerprint density at radius 2 is 2.07 bits per heavy atom. The van der Waals surface area contributed by atoms with Gasteiger partial charge in [-0.3, -0.25) is 4.79 Å². The topological polar surface area (TPSA) is 52.9 Å². The van der Waals surface area contributed by atoms with E-state index in [1.807, 2.05) is 18.2 Å². The van der Waals surface area contributed by atoms with E-state index >= 15 is 0 Å². The molecule has 0 aliphatic heterocycles. The maximum Gasteiger partial charge on any atom is 0.251 e. The largest absolute Gasteiger partial charge is 0.351 e. The molecule has 0 aliphatic rings. The molecule has 1 N–H and O–H groups in total. The van der Waals surface area contributed by atoms with Crippen LogP contribution in [0.15, 0.2) is 24.3 Å². The van der Waals surface area contributed by atoms with Crippen molar-refractivity contribution in [2.45, 2.75) is 19.8 Å². The minimum Gasteiger partial charge on any atom is -0.351 e. The molecule has 0 bridgehead atoms. The number of carbonyl (C=O) groups is 1. The van der Waals surface area contributed by atoms with Gasteiger partial charge in [0.05, 0.1) is 12.5 Å². The van der Waals surface area contributed by atoms with E-state index in [1.54, 1.807) is 12.1 Å². The van der Waals surface area contributed by atoms with Crippen LogP contribution in [0.2, 0.25) is 0 Å². The smallest absolute Gasteiger partial charge is 0.251 e. The van der Waals surface area contributed by atoms with Gasteiger partial charge in [-0.1, -0.05) is 19.1 Å². The lowest BCUT2D eigenvalue weighted by atomic mass is 10.1. The molecule has 3 nitrogen and oxygen atoms in total. The number of amides is 1. The molecule has 1 rings (SSSR count). The molecule has 0 saturated heterocycles. The molecule has 0 spiro atoms. The quantitative estimate of drug-likeness (QED) is 0.758. The van der Waals surface area contributed by atoms with Gasteiger partial charge in [-0.15, -0.1) is 0 Å². The highest BCUT2D eigenvalue weighted by molar-refractivity contribution is 5.94. The number of rotatable bonds is 4. The van der Waals surface area contributed by atoms with Crippen LogP contribution in [0.1, 0.15) is 29.3 Å². The Kier molecular flexibility index (Phi) is 4.36. The van der Waals surface area contributed by atoms with Gasteiger partial charge >= 0.3 is 0 Å². The fourth-order valence-corrected chi connectivity index (χ4v) is 1.23.